The predicted octanol–water partition coefficient (Wildman–Crippen LogP) is 8.63. The zero-order valence-electron chi connectivity index (χ0n) is 18.9. The molecule has 4 heteroatoms. The summed E-state index contributed by atoms with van der Waals surface area (Å²) >= 11 is 1.78. The van der Waals surface area contributed by atoms with Gasteiger partial charge in [0.15, 0.2) is 5.82 Å². The van der Waals surface area contributed by atoms with Gasteiger partial charge in [0.2, 0.25) is 0 Å². The molecule has 0 bridgehead atoms. The van der Waals surface area contributed by atoms with E-state index in [1.807, 2.05) is 0 Å². The van der Waals surface area contributed by atoms with Gasteiger partial charge in [-0.3, -0.25) is 4.90 Å². The number of nitrogens with zero attached hydrogens (tertiary/aromatic N) is 3. The summed E-state index contributed by atoms with van der Waals surface area (Å²) in [5.74, 6) is 1.86. The zero-order valence-corrected chi connectivity index (χ0v) is 19.7. The molecule has 6 aromatic rings. The minimum atomic E-state index is 0.911. The number of para-hydroxylation sites is 2. The van der Waals surface area contributed by atoms with Gasteiger partial charge in [-0.25, -0.2) is 4.98 Å². The van der Waals surface area contributed by atoms with Crippen molar-refractivity contribution in [3.05, 3.63) is 128 Å². The number of hydrogen-bond acceptors (Lipinski definition) is 3. The number of aromatic nitrogens is 2. The van der Waals surface area contributed by atoms with E-state index >= 15 is 0 Å². The maximum atomic E-state index is 5.23. The molecule has 3 heterocycles. The third-order valence-electron chi connectivity index (χ3n) is 6.42. The number of rotatable bonds is 3. The second-order valence-electron chi connectivity index (χ2n) is 8.56. The molecular formula is C31H21N3S. The van der Waals surface area contributed by atoms with Crippen LogP contribution >= 0.6 is 11.8 Å². The van der Waals surface area contributed by atoms with Crippen LogP contribution in [0.2, 0.25) is 0 Å². The van der Waals surface area contributed by atoms with E-state index in [9.17, 15) is 0 Å². The van der Waals surface area contributed by atoms with Crippen LogP contribution in [-0.4, -0.2) is 9.55 Å². The predicted molar refractivity (Wildman–Crippen MR) is 145 cm³/mol. The van der Waals surface area contributed by atoms with E-state index in [1.54, 1.807) is 11.8 Å². The van der Waals surface area contributed by atoms with Crippen LogP contribution < -0.4 is 4.90 Å². The van der Waals surface area contributed by atoms with E-state index in [0.717, 1.165) is 33.4 Å². The van der Waals surface area contributed by atoms with E-state index in [2.05, 4.69) is 137 Å². The highest BCUT2D eigenvalue weighted by Crippen LogP contribution is 2.51. The maximum absolute atomic E-state index is 5.23. The van der Waals surface area contributed by atoms with Crippen LogP contribution in [0.1, 0.15) is 0 Å². The van der Waals surface area contributed by atoms with Crippen molar-refractivity contribution in [1.29, 1.82) is 0 Å². The summed E-state index contributed by atoms with van der Waals surface area (Å²) in [4.78, 5) is 9.90. The Hall–Kier alpha value is -4.28. The second-order valence-corrected chi connectivity index (χ2v) is 9.64. The quantitative estimate of drug-likeness (QED) is 0.259. The molecule has 0 fully saturated rings. The van der Waals surface area contributed by atoms with E-state index in [4.69, 9.17) is 4.98 Å². The van der Waals surface area contributed by atoms with Gasteiger partial charge in [-0.15, -0.1) is 0 Å². The van der Waals surface area contributed by atoms with Crippen LogP contribution in [0.5, 0.6) is 0 Å². The number of fused-ring (bicyclic) bond motifs is 3. The van der Waals surface area contributed by atoms with Gasteiger partial charge >= 0.3 is 0 Å². The summed E-state index contributed by atoms with van der Waals surface area (Å²) in [7, 11) is 0. The molecule has 0 amide bonds. The summed E-state index contributed by atoms with van der Waals surface area (Å²) in [6.45, 7) is 0. The van der Waals surface area contributed by atoms with Gasteiger partial charge in [-0.1, -0.05) is 84.6 Å². The second kappa shape index (κ2) is 8.19. The topological polar surface area (TPSA) is 21.1 Å². The Morgan fingerprint density at radius 1 is 0.600 bits per heavy atom. The largest absolute Gasteiger partial charge is 0.301 e. The average Bonchev–Trinajstić information content (AvgIpc) is 3.36. The molecule has 166 valence electrons. The Morgan fingerprint density at radius 2 is 1.40 bits per heavy atom. The Bertz CT molecular complexity index is 1690. The third-order valence-corrected chi connectivity index (χ3v) is 7.52. The van der Waals surface area contributed by atoms with Crippen molar-refractivity contribution in [1.82, 2.24) is 9.55 Å². The molecule has 0 radical (unpaired) electrons. The van der Waals surface area contributed by atoms with Crippen molar-refractivity contribution in [2.24, 2.45) is 0 Å². The van der Waals surface area contributed by atoms with Gasteiger partial charge in [0.1, 0.15) is 5.82 Å². The monoisotopic (exact) mass is 467 g/mol. The van der Waals surface area contributed by atoms with Crippen LogP contribution in [0.15, 0.2) is 137 Å². The first-order chi connectivity index (χ1) is 17.3. The lowest BCUT2D eigenvalue weighted by atomic mass is 10.0. The number of pyridine rings is 1. The molecule has 7 rings (SSSR count). The Morgan fingerprint density at radius 3 is 2.34 bits per heavy atom. The molecule has 2 aromatic heterocycles. The van der Waals surface area contributed by atoms with E-state index in [1.165, 1.54) is 21.4 Å². The van der Waals surface area contributed by atoms with E-state index in [0.29, 0.717) is 0 Å². The fourth-order valence-corrected chi connectivity index (χ4v) is 5.77. The van der Waals surface area contributed by atoms with Gasteiger partial charge in [-0.2, -0.15) is 0 Å². The van der Waals surface area contributed by atoms with Gasteiger partial charge in [0.25, 0.3) is 0 Å². The fourth-order valence-electron chi connectivity index (χ4n) is 4.76. The summed E-state index contributed by atoms with van der Waals surface area (Å²) < 4.78 is 2.17. The fraction of sp³-hybridized carbons (Fsp3) is 0. The van der Waals surface area contributed by atoms with Crippen molar-refractivity contribution in [3.8, 4) is 16.9 Å². The lowest BCUT2D eigenvalue weighted by Crippen LogP contribution is -2.17. The molecule has 1 aliphatic rings. The maximum Gasteiger partial charge on any atom is 0.154 e. The summed E-state index contributed by atoms with van der Waals surface area (Å²) in [5, 5.41) is 1.21. The minimum absolute atomic E-state index is 0.911. The Labute approximate surface area is 208 Å². The van der Waals surface area contributed by atoms with Crippen LogP contribution in [0, 0.1) is 0 Å². The first-order valence-corrected chi connectivity index (χ1v) is 12.5. The molecule has 0 unspecified atom stereocenters. The van der Waals surface area contributed by atoms with E-state index in [-0.39, 0.29) is 0 Å². The van der Waals surface area contributed by atoms with Crippen LogP contribution in [0.3, 0.4) is 0 Å². The van der Waals surface area contributed by atoms with E-state index < -0.39 is 0 Å². The standard InChI is InChI=1S/C31H21N3S/c1-2-9-22(10-3-1)24-12-8-13-25(21-24)34-27-15-6-7-16-28(27)35-29-17-18-30(32-31(29)34)33-20-19-23-11-4-5-14-26(23)33/h1-21H. The first-order valence-electron chi connectivity index (χ1n) is 11.7. The summed E-state index contributed by atoms with van der Waals surface area (Å²) in [6.07, 6.45) is 2.10. The van der Waals surface area contributed by atoms with Crippen molar-refractivity contribution in [2.45, 2.75) is 9.79 Å². The lowest BCUT2D eigenvalue weighted by Gasteiger charge is -2.32. The molecule has 0 saturated carbocycles. The molecule has 0 saturated heterocycles. The van der Waals surface area contributed by atoms with Gasteiger partial charge in [0.05, 0.1) is 16.1 Å². The normalized spacial score (nSPS) is 12.4. The third kappa shape index (κ3) is 3.42. The molecule has 35 heavy (non-hydrogen) atoms. The lowest BCUT2D eigenvalue weighted by molar-refractivity contribution is 0.999. The highest BCUT2D eigenvalue weighted by Gasteiger charge is 2.27. The van der Waals surface area contributed by atoms with Gasteiger partial charge < -0.3 is 4.57 Å². The van der Waals surface area contributed by atoms with Gasteiger partial charge in [0, 0.05) is 16.8 Å². The summed E-state index contributed by atoms with van der Waals surface area (Å²) in [6, 6.07) is 42.7. The molecule has 0 spiro atoms. The number of anilines is 3. The first kappa shape index (κ1) is 20.1. The SMILES string of the molecule is c1ccc(-c2cccc(N3c4ccccc4Sc4ccc(-n5ccc6ccccc65)nc43)c2)cc1. The average molecular weight is 468 g/mol. The van der Waals surface area contributed by atoms with Crippen molar-refractivity contribution >= 4 is 39.9 Å². The molecule has 0 N–H and O–H groups in total. The van der Waals surface area contributed by atoms with Crippen molar-refractivity contribution < 1.29 is 0 Å². The highest BCUT2D eigenvalue weighted by molar-refractivity contribution is 7.99. The van der Waals surface area contributed by atoms with Gasteiger partial charge in [-0.05, 0) is 65.0 Å². The molecule has 0 atom stereocenters. The zero-order chi connectivity index (χ0) is 23.2. The Kier molecular flexibility index (Phi) is 4.71. The molecule has 3 nitrogen and oxygen atoms in total. The Balaban J connectivity index is 1.42. The molecular weight excluding hydrogens is 446 g/mol. The van der Waals surface area contributed by atoms with Crippen LogP contribution in [0.4, 0.5) is 17.2 Å². The number of hydrogen-bond donors (Lipinski definition) is 0. The smallest absolute Gasteiger partial charge is 0.154 e. The summed E-state index contributed by atoms with van der Waals surface area (Å²) in [5.41, 5.74) is 5.80. The van der Waals surface area contributed by atoms with Crippen molar-refractivity contribution in [2.75, 3.05) is 4.90 Å². The van der Waals surface area contributed by atoms with Crippen LogP contribution in [0.25, 0.3) is 27.8 Å². The van der Waals surface area contributed by atoms with Crippen molar-refractivity contribution in [3.63, 3.8) is 0 Å². The molecule has 4 aromatic carbocycles. The molecule has 0 aliphatic carbocycles. The minimum Gasteiger partial charge on any atom is -0.301 e. The molecule has 1 aliphatic heterocycles. The highest BCUT2D eigenvalue weighted by atomic mass is 32.2. The number of benzene rings is 4. The van der Waals surface area contributed by atoms with Crippen LogP contribution in [-0.2, 0) is 0 Å².